The minimum atomic E-state index is 0.759. The summed E-state index contributed by atoms with van der Waals surface area (Å²) >= 11 is 1.75. The van der Waals surface area contributed by atoms with Crippen molar-refractivity contribution in [2.24, 2.45) is 4.99 Å². The third-order valence-corrected chi connectivity index (χ3v) is 3.74. The fourth-order valence-electron chi connectivity index (χ4n) is 1.78. The summed E-state index contributed by atoms with van der Waals surface area (Å²) in [5.74, 6) is 1.68. The van der Waals surface area contributed by atoms with Crippen LogP contribution in [0.1, 0.15) is 35.9 Å². The largest absolute Gasteiger partial charge is 0.356 e. The zero-order valence-corrected chi connectivity index (χ0v) is 10.0. The first-order valence-corrected chi connectivity index (χ1v) is 6.76. The van der Waals surface area contributed by atoms with Gasteiger partial charge in [-0.2, -0.15) is 0 Å². The third-order valence-electron chi connectivity index (χ3n) is 2.87. The van der Waals surface area contributed by atoms with E-state index in [2.05, 4.69) is 26.0 Å². The van der Waals surface area contributed by atoms with E-state index in [0.717, 1.165) is 42.9 Å². The molecule has 0 bridgehead atoms. The van der Waals surface area contributed by atoms with Gasteiger partial charge in [0.15, 0.2) is 5.96 Å². The number of nitrogens with one attached hydrogen (secondary N) is 2. The van der Waals surface area contributed by atoms with Crippen molar-refractivity contribution in [3.63, 3.8) is 0 Å². The van der Waals surface area contributed by atoms with Crippen LogP contribution < -0.4 is 10.6 Å². The summed E-state index contributed by atoms with van der Waals surface area (Å²) < 4.78 is 0. The molecular weight excluding hydrogens is 220 g/mol. The Balaban J connectivity index is 1.54. The third kappa shape index (κ3) is 2.35. The maximum Gasteiger partial charge on any atom is 0.191 e. The molecule has 4 nitrogen and oxygen atoms in total. The van der Waals surface area contributed by atoms with E-state index in [0.29, 0.717) is 0 Å². The first-order valence-electron chi connectivity index (χ1n) is 5.88. The normalized spacial score (nSPS) is 20.1. The number of aliphatic imine (C=N–C) groups is 1. The summed E-state index contributed by atoms with van der Waals surface area (Å²) in [6.45, 7) is 2.75. The van der Waals surface area contributed by atoms with Crippen LogP contribution in [0.25, 0.3) is 0 Å². The van der Waals surface area contributed by atoms with Gasteiger partial charge in [0.1, 0.15) is 5.01 Å². The molecule has 0 spiro atoms. The minimum absolute atomic E-state index is 0.759. The van der Waals surface area contributed by atoms with Crippen molar-refractivity contribution < 1.29 is 0 Å². The highest BCUT2D eigenvalue weighted by molar-refractivity contribution is 7.09. The van der Waals surface area contributed by atoms with Gasteiger partial charge in [-0.05, 0) is 19.3 Å². The fourth-order valence-corrected chi connectivity index (χ4v) is 2.60. The average molecular weight is 236 g/mol. The van der Waals surface area contributed by atoms with Gasteiger partial charge in [-0.15, -0.1) is 11.3 Å². The molecule has 1 aliphatic carbocycles. The van der Waals surface area contributed by atoms with Gasteiger partial charge >= 0.3 is 0 Å². The fraction of sp³-hybridized carbons (Fsp3) is 0.636. The van der Waals surface area contributed by atoms with Crippen LogP contribution in [0.5, 0.6) is 0 Å². The smallest absolute Gasteiger partial charge is 0.191 e. The van der Waals surface area contributed by atoms with Gasteiger partial charge in [-0.25, -0.2) is 4.98 Å². The number of aromatic nitrogens is 1. The van der Waals surface area contributed by atoms with E-state index in [1.54, 1.807) is 11.3 Å². The Morgan fingerprint density at radius 2 is 2.44 bits per heavy atom. The molecule has 1 saturated carbocycles. The van der Waals surface area contributed by atoms with E-state index in [1.807, 2.05) is 0 Å². The maximum absolute atomic E-state index is 4.63. The Morgan fingerprint density at radius 1 is 1.50 bits per heavy atom. The van der Waals surface area contributed by atoms with Crippen molar-refractivity contribution >= 4 is 17.3 Å². The molecule has 0 saturated heterocycles. The van der Waals surface area contributed by atoms with Crippen molar-refractivity contribution in [2.75, 3.05) is 13.1 Å². The van der Waals surface area contributed by atoms with E-state index in [9.17, 15) is 0 Å². The summed E-state index contributed by atoms with van der Waals surface area (Å²) in [5.41, 5.74) is 1.29. The maximum atomic E-state index is 4.63. The lowest BCUT2D eigenvalue weighted by atomic mass is 10.3. The monoisotopic (exact) mass is 236 g/mol. The molecule has 1 aromatic heterocycles. The molecule has 1 fully saturated rings. The van der Waals surface area contributed by atoms with Gasteiger partial charge in [0.2, 0.25) is 0 Å². The van der Waals surface area contributed by atoms with Crippen LogP contribution in [0.15, 0.2) is 10.4 Å². The molecule has 0 atom stereocenters. The predicted octanol–water partition coefficient (Wildman–Crippen LogP) is 1.46. The number of thiazole rings is 1. The van der Waals surface area contributed by atoms with Crippen molar-refractivity contribution in [3.05, 3.63) is 16.1 Å². The molecule has 86 valence electrons. The quantitative estimate of drug-likeness (QED) is 0.835. The molecule has 0 amide bonds. The van der Waals surface area contributed by atoms with Crippen LogP contribution in [0.3, 0.4) is 0 Å². The summed E-state index contributed by atoms with van der Waals surface area (Å²) in [5, 5.41) is 9.91. The molecule has 2 N–H and O–H groups in total. The highest BCUT2D eigenvalue weighted by Crippen LogP contribution is 2.40. The molecule has 16 heavy (non-hydrogen) atoms. The van der Waals surface area contributed by atoms with E-state index in [1.165, 1.54) is 18.5 Å². The highest BCUT2D eigenvalue weighted by Gasteiger charge is 2.25. The molecule has 1 aromatic rings. The van der Waals surface area contributed by atoms with Gasteiger partial charge in [0.05, 0.1) is 12.2 Å². The lowest BCUT2D eigenvalue weighted by Gasteiger charge is -2.14. The van der Waals surface area contributed by atoms with Gasteiger partial charge < -0.3 is 10.6 Å². The topological polar surface area (TPSA) is 49.3 Å². The first-order chi connectivity index (χ1) is 7.92. The number of hydrogen-bond donors (Lipinski definition) is 2. The summed E-state index contributed by atoms with van der Waals surface area (Å²) in [4.78, 5) is 9.00. The Kier molecular flexibility index (Phi) is 2.78. The lowest BCUT2D eigenvalue weighted by Crippen LogP contribution is -2.40. The molecular formula is C11H16N4S. The number of nitrogens with zero attached hydrogens (tertiary/aromatic N) is 2. The van der Waals surface area contributed by atoms with Crippen LogP contribution in [0.2, 0.25) is 0 Å². The first kappa shape index (κ1) is 10.1. The highest BCUT2D eigenvalue weighted by atomic mass is 32.1. The van der Waals surface area contributed by atoms with Crippen LogP contribution in [-0.2, 0) is 6.54 Å². The van der Waals surface area contributed by atoms with E-state index in [4.69, 9.17) is 0 Å². The van der Waals surface area contributed by atoms with Gasteiger partial charge in [0, 0.05) is 24.4 Å². The van der Waals surface area contributed by atoms with Gasteiger partial charge in [-0.3, -0.25) is 4.99 Å². The lowest BCUT2D eigenvalue weighted by molar-refractivity contribution is 0.700. The Bertz CT molecular complexity index is 394. The molecule has 2 aliphatic rings. The van der Waals surface area contributed by atoms with E-state index >= 15 is 0 Å². The molecule has 0 aromatic carbocycles. The predicted molar refractivity (Wildman–Crippen MR) is 65.9 cm³/mol. The number of rotatable bonds is 3. The zero-order chi connectivity index (χ0) is 10.8. The molecule has 3 rings (SSSR count). The van der Waals surface area contributed by atoms with Crippen molar-refractivity contribution in [1.82, 2.24) is 15.6 Å². The summed E-state index contributed by atoms with van der Waals surface area (Å²) in [7, 11) is 0. The molecule has 2 heterocycles. The van der Waals surface area contributed by atoms with Crippen molar-refractivity contribution in [2.45, 2.75) is 31.7 Å². The van der Waals surface area contributed by atoms with Crippen LogP contribution in [0, 0.1) is 0 Å². The Morgan fingerprint density at radius 3 is 3.19 bits per heavy atom. The Labute approximate surface area is 99.2 Å². The van der Waals surface area contributed by atoms with E-state index in [-0.39, 0.29) is 0 Å². The Hall–Kier alpha value is -1.10. The number of guanidine groups is 1. The van der Waals surface area contributed by atoms with Gasteiger partial charge in [0.25, 0.3) is 0 Å². The zero-order valence-electron chi connectivity index (χ0n) is 9.20. The van der Waals surface area contributed by atoms with Crippen molar-refractivity contribution in [1.29, 1.82) is 0 Å². The molecule has 0 unspecified atom stereocenters. The van der Waals surface area contributed by atoms with Crippen molar-refractivity contribution in [3.8, 4) is 0 Å². The molecule has 5 heteroatoms. The second-order valence-electron chi connectivity index (χ2n) is 4.30. The minimum Gasteiger partial charge on any atom is -0.356 e. The van der Waals surface area contributed by atoms with Gasteiger partial charge in [-0.1, -0.05) is 0 Å². The molecule has 0 radical (unpaired) electrons. The van der Waals surface area contributed by atoms with Crippen LogP contribution in [0.4, 0.5) is 0 Å². The van der Waals surface area contributed by atoms with Crippen LogP contribution >= 0.6 is 11.3 Å². The second kappa shape index (κ2) is 4.41. The van der Waals surface area contributed by atoms with E-state index < -0.39 is 0 Å². The standard InChI is InChI=1S/C11H16N4S/c1-4-12-11(13-5-1)14-6-10-15-9(7-16-10)8-2-3-8/h7-8H,1-6H2,(H2,12,13,14). The summed E-state index contributed by atoms with van der Waals surface area (Å²) in [6, 6.07) is 0. The second-order valence-corrected chi connectivity index (χ2v) is 5.25. The summed E-state index contributed by atoms with van der Waals surface area (Å²) in [6.07, 6.45) is 3.78. The average Bonchev–Trinajstić information content (AvgIpc) is 3.08. The SMILES string of the molecule is c1sc(CNC2=NCCCN2)nc1C1CC1. The number of hydrogen-bond acceptors (Lipinski definition) is 5. The van der Waals surface area contributed by atoms with Crippen LogP contribution in [-0.4, -0.2) is 24.0 Å². The molecule has 1 aliphatic heterocycles.